The molecule has 0 aliphatic rings. The molecule has 0 radical (unpaired) electrons. The van der Waals surface area contributed by atoms with E-state index < -0.39 is 10.0 Å². The quantitative estimate of drug-likeness (QED) is 0.700. The Morgan fingerprint density at radius 3 is 2.44 bits per heavy atom. The number of hydrogen-bond acceptors (Lipinski definition) is 4. The molecule has 0 bridgehead atoms. The van der Waals surface area contributed by atoms with Gasteiger partial charge in [-0.1, -0.05) is 25.1 Å². The van der Waals surface area contributed by atoms with E-state index in [-0.39, 0.29) is 11.4 Å². The van der Waals surface area contributed by atoms with Crippen molar-refractivity contribution in [3.8, 4) is 6.07 Å². The predicted octanol–water partition coefficient (Wildman–Crippen LogP) is 3.69. The smallest absolute Gasteiger partial charge is 0.243 e. The van der Waals surface area contributed by atoms with Crippen LogP contribution in [-0.2, 0) is 23.0 Å². The molecule has 0 amide bonds. The first kappa shape index (κ1) is 17.2. The molecule has 0 aliphatic heterocycles. The van der Waals surface area contributed by atoms with Gasteiger partial charge in [0, 0.05) is 31.0 Å². The summed E-state index contributed by atoms with van der Waals surface area (Å²) in [6.45, 7) is 2.21. The standard InChI is InChI=1S/C19H18N2O3S/c1-3-18-17(16-6-4-5-7-19(16)24-18)13-21(2)25(22,23)15-10-8-14(12-20)9-11-15/h4-11H,3,13H2,1-2H3. The number of sulfonamides is 1. The van der Waals surface area contributed by atoms with Crippen LogP contribution in [0.1, 0.15) is 23.8 Å². The van der Waals surface area contributed by atoms with E-state index in [1.54, 1.807) is 7.05 Å². The summed E-state index contributed by atoms with van der Waals surface area (Å²) in [4.78, 5) is 0.167. The summed E-state index contributed by atoms with van der Waals surface area (Å²) in [6.07, 6.45) is 0.689. The summed E-state index contributed by atoms with van der Waals surface area (Å²) >= 11 is 0. The molecule has 0 saturated carbocycles. The molecule has 0 spiro atoms. The fraction of sp³-hybridized carbons (Fsp3) is 0.211. The molecule has 1 aromatic heterocycles. The van der Waals surface area contributed by atoms with Gasteiger partial charge in [0.05, 0.1) is 16.5 Å². The van der Waals surface area contributed by atoms with Gasteiger partial charge in [0.1, 0.15) is 11.3 Å². The molecule has 3 rings (SSSR count). The molecule has 0 fully saturated rings. The van der Waals surface area contributed by atoms with Crippen LogP contribution in [0.4, 0.5) is 0 Å². The Morgan fingerprint density at radius 1 is 1.12 bits per heavy atom. The first-order chi connectivity index (χ1) is 12.0. The molecule has 0 unspecified atom stereocenters. The number of aryl methyl sites for hydroxylation is 1. The molecule has 6 heteroatoms. The van der Waals surface area contributed by atoms with Gasteiger partial charge >= 0.3 is 0 Å². The Bertz CT molecular complexity index is 1040. The van der Waals surface area contributed by atoms with Crippen molar-refractivity contribution in [2.75, 3.05) is 7.05 Å². The third kappa shape index (κ3) is 3.16. The molecule has 2 aromatic carbocycles. The molecular formula is C19H18N2O3S. The molecule has 1 heterocycles. The van der Waals surface area contributed by atoms with Gasteiger partial charge in [0.15, 0.2) is 0 Å². The number of rotatable bonds is 5. The molecular weight excluding hydrogens is 336 g/mol. The Morgan fingerprint density at radius 2 is 1.80 bits per heavy atom. The van der Waals surface area contributed by atoms with Gasteiger partial charge < -0.3 is 4.42 Å². The largest absolute Gasteiger partial charge is 0.461 e. The number of fused-ring (bicyclic) bond motifs is 1. The molecule has 0 atom stereocenters. The lowest BCUT2D eigenvalue weighted by Gasteiger charge is -2.17. The van der Waals surface area contributed by atoms with Crippen molar-refractivity contribution in [2.24, 2.45) is 0 Å². The van der Waals surface area contributed by atoms with Crippen molar-refractivity contribution in [3.05, 3.63) is 65.4 Å². The molecule has 0 aliphatic carbocycles. The molecule has 128 valence electrons. The van der Waals surface area contributed by atoms with Crippen LogP contribution in [0.25, 0.3) is 11.0 Å². The van der Waals surface area contributed by atoms with Gasteiger partial charge in [-0.2, -0.15) is 9.57 Å². The Kier molecular flexibility index (Phi) is 4.62. The van der Waals surface area contributed by atoms with E-state index in [4.69, 9.17) is 9.68 Å². The average Bonchev–Trinajstić information content (AvgIpc) is 2.99. The van der Waals surface area contributed by atoms with Gasteiger partial charge in [-0.3, -0.25) is 0 Å². The van der Waals surface area contributed by atoms with Crippen molar-refractivity contribution in [1.29, 1.82) is 5.26 Å². The summed E-state index contributed by atoms with van der Waals surface area (Å²) in [5.74, 6) is 0.795. The number of benzene rings is 2. The molecule has 0 N–H and O–H groups in total. The van der Waals surface area contributed by atoms with Crippen molar-refractivity contribution >= 4 is 21.0 Å². The fourth-order valence-corrected chi connectivity index (χ4v) is 3.94. The van der Waals surface area contributed by atoms with Gasteiger partial charge in [-0.15, -0.1) is 0 Å². The topological polar surface area (TPSA) is 74.3 Å². The minimum atomic E-state index is -3.65. The van der Waals surface area contributed by atoms with E-state index >= 15 is 0 Å². The van der Waals surface area contributed by atoms with E-state index in [2.05, 4.69) is 0 Å². The molecule has 3 aromatic rings. The predicted molar refractivity (Wildman–Crippen MR) is 95.4 cm³/mol. The maximum absolute atomic E-state index is 12.8. The summed E-state index contributed by atoms with van der Waals surface area (Å²) in [6, 6.07) is 15.5. The normalized spacial score (nSPS) is 11.8. The van der Waals surface area contributed by atoms with E-state index in [0.717, 1.165) is 22.3 Å². The Balaban J connectivity index is 1.96. The van der Waals surface area contributed by atoms with Crippen molar-refractivity contribution in [1.82, 2.24) is 4.31 Å². The average molecular weight is 354 g/mol. The second kappa shape index (κ2) is 6.71. The highest BCUT2D eigenvalue weighted by molar-refractivity contribution is 7.89. The third-order valence-electron chi connectivity index (χ3n) is 4.18. The molecule has 25 heavy (non-hydrogen) atoms. The maximum Gasteiger partial charge on any atom is 0.243 e. The SMILES string of the molecule is CCc1oc2ccccc2c1CN(C)S(=O)(=O)c1ccc(C#N)cc1. The van der Waals surface area contributed by atoms with Crippen LogP contribution >= 0.6 is 0 Å². The van der Waals surface area contributed by atoms with Crippen molar-refractivity contribution in [2.45, 2.75) is 24.8 Å². The summed E-state index contributed by atoms with van der Waals surface area (Å²) < 4.78 is 32.8. The minimum absolute atomic E-state index is 0.167. The van der Waals surface area contributed by atoms with Crippen molar-refractivity contribution in [3.63, 3.8) is 0 Å². The lowest BCUT2D eigenvalue weighted by molar-refractivity contribution is 0.459. The lowest BCUT2D eigenvalue weighted by atomic mass is 10.1. The summed E-state index contributed by atoms with van der Waals surface area (Å²) in [5, 5.41) is 9.78. The number of hydrogen-bond donors (Lipinski definition) is 0. The van der Waals surface area contributed by atoms with Gasteiger partial charge in [-0.05, 0) is 30.3 Å². The maximum atomic E-state index is 12.8. The fourth-order valence-electron chi connectivity index (χ4n) is 2.80. The van der Waals surface area contributed by atoms with Gasteiger partial charge in [0.2, 0.25) is 10.0 Å². The van der Waals surface area contributed by atoms with Crippen LogP contribution < -0.4 is 0 Å². The zero-order valence-corrected chi connectivity index (χ0v) is 14.9. The van der Waals surface area contributed by atoms with E-state index in [0.29, 0.717) is 12.0 Å². The van der Waals surface area contributed by atoms with Crippen LogP contribution in [0, 0.1) is 11.3 Å². The highest BCUT2D eigenvalue weighted by atomic mass is 32.2. The number of nitrogens with zero attached hydrogens (tertiary/aromatic N) is 2. The summed E-state index contributed by atoms with van der Waals surface area (Å²) in [7, 11) is -2.10. The second-order valence-corrected chi connectivity index (χ2v) is 7.80. The van der Waals surface area contributed by atoms with Crippen LogP contribution in [0.2, 0.25) is 0 Å². The molecule has 0 saturated heterocycles. The van der Waals surface area contributed by atoms with E-state index in [1.807, 2.05) is 37.3 Å². The highest BCUT2D eigenvalue weighted by Crippen LogP contribution is 2.28. The Hall–Kier alpha value is -2.62. The van der Waals surface area contributed by atoms with Crippen LogP contribution in [0.3, 0.4) is 0 Å². The minimum Gasteiger partial charge on any atom is -0.461 e. The van der Waals surface area contributed by atoms with Gasteiger partial charge in [-0.25, -0.2) is 8.42 Å². The monoisotopic (exact) mass is 354 g/mol. The Labute approximate surface area is 147 Å². The second-order valence-electron chi connectivity index (χ2n) is 5.75. The molecule has 5 nitrogen and oxygen atoms in total. The van der Waals surface area contributed by atoms with Crippen molar-refractivity contribution < 1.29 is 12.8 Å². The van der Waals surface area contributed by atoms with Crippen LogP contribution in [0.15, 0.2) is 57.8 Å². The summed E-state index contributed by atoms with van der Waals surface area (Å²) in [5.41, 5.74) is 2.08. The zero-order chi connectivity index (χ0) is 18.0. The highest BCUT2D eigenvalue weighted by Gasteiger charge is 2.24. The van der Waals surface area contributed by atoms with Crippen LogP contribution in [0.5, 0.6) is 0 Å². The first-order valence-corrected chi connectivity index (χ1v) is 9.37. The zero-order valence-electron chi connectivity index (χ0n) is 14.1. The van der Waals surface area contributed by atoms with E-state index in [1.165, 1.54) is 28.6 Å². The third-order valence-corrected chi connectivity index (χ3v) is 5.99. The lowest BCUT2D eigenvalue weighted by Crippen LogP contribution is -2.26. The number of para-hydroxylation sites is 1. The number of nitriles is 1. The van der Waals surface area contributed by atoms with E-state index in [9.17, 15) is 8.42 Å². The van der Waals surface area contributed by atoms with Crippen LogP contribution in [-0.4, -0.2) is 19.8 Å². The first-order valence-electron chi connectivity index (χ1n) is 7.93. The number of furan rings is 1. The van der Waals surface area contributed by atoms with Gasteiger partial charge in [0.25, 0.3) is 0 Å².